The van der Waals surface area contributed by atoms with Crippen molar-refractivity contribution in [1.82, 2.24) is 14.2 Å². The van der Waals surface area contributed by atoms with E-state index in [4.69, 9.17) is 24.3 Å². The average molecular weight is 569 g/mol. The first-order chi connectivity index (χ1) is 17.3. The molecule has 16 heteroatoms. The molecule has 1 aromatic rings. The number of carbonyl (C=O) groups excluding carboxylic acids is 1. The molecule has 212 valence electrons. The van der Waals surface area contributed by atoms with E-state index in [0.29, 0.717) is 13.2 Å². The third-order valence-electron chi connectivity index (χ3n) is 5.78. The summed E-state index contributed by atoms with van der Waals surface area (Å²) in [5.41, 5.74) is 1.50. The zero-order valence-electron chi connectivity index (χ0n) is 21.4. The molecule has 0 saturated carbocycles. The summed E-state index contributed by atoms with van der Waals surface area (Å²) in [5, 5.41) is 30.9. The number of nitrogen functional groups attached to an aromatic ring is 1. The number of carbonyl (C=O) groups is 1. The number of ether oxygens (including phenoxy) is 2. The topological polar surface area (TPSA) is 196 Å². The molecule has 1 aromatic heterocycles. The summed E-state index contributed by atoms with van der Waals surface area (Å²) < 4.78 is 37.9. The van der Waals surface area contributed by atoms with Crippen molar-refractivity contribution in [3.63, 3.8) is 0 Å². The standard InChI is InChI=1S/C21H37N4O10PS/c1-20(2,14-26)18(28)37-12-11-34-36(31,24-7-9-33-10-8-24)35-13-15(32-4)17(27)21(3,30)25-6-5-16(22)23-19(25)29/h5-6,15,17,26-27,30H,7-14H2,1-4H3,(H2,22,23,29)/t15-,17?,21?,36?/m1/s1. The molecule has 1 aliphatic rings. The lowest BCUT2D eigenvalue weighted by molar-refractivity contribution is -0.177. The second kappa shape index (κ2) is 13.6. The Hall–Kier alpha value is -1.39. The summed E-state index contributed by atoms with van der Waals surface area (Å²) >= 11 is 0.944. The van der Waals surface area contributed by atoms with Crippen molar-refractivity contribution in [2.75, 3.05) is 64.7 Å². The normalized spacial score (nSPS) is 20.1. The number of hydrogen-bond acceptors (Lipinski definition) is 13. The van der Waals surface area contributed by atoms with Crippen molar-refractivity contribution < 1.29 is 43.2 Å². The molecule has 5 N–H and O–H groups in total. The Morgan fingerprint density at radius 1 is 1.32 bits per heavy atom. The summed E-state index contributed by atoms with van der Waals surface area (Å²) in [6.45, 7) is 4.65. The summed E-state index contributed by atoms with van der Waals surface area (Å²) in [6, 6.07) is 1.28. The van der Waals surface area contributed by atoms with E-state index < -0.39 is 43.4 Å². The highest BCUT2D eigenvalue weighted by atomic mass is 32.2. The first kappa shape index (κ1) is 31.8. The van der Waals surface area contributed by atoms with Crippen molar-refractivity contribution in [2.24, 2.45) is 5.41 Å². The van der Waals surface area contributed by atoms with E-state index in [2.05, 4.69) is 4.98 Å². The predicted molar refractivity (Wildman–Crippen MR) is 136 cm³/mol. The molecule has 2 rings (SSSR count). The number of aliphatic hydroxyl groups excluding tert-OH is 2. The number of nitrogens with zero attached hydrogens (tertiary/aromatic N) is 3. The van der Waals surface area contributed by atoms with Crippen LogP contribution in [0.25, 0.3) is 0 Å². The maximum atomic E-state index is 13.7. The van der Waals surface area contributed by atoms with Crippen LogP contribution in [0.15, 0.2) is 17.1 Å². The zero-order chi connectivity index (χ0) is 27.9. The minimum atomic E-state index is -3.94. The largest absolute Gasteiger partial charge is 0.408 e. The highest BCUT2D eigenvalue weighted by Crippen LogP contribution is 2.52. The van der Waals surface area contributed by atoms with Gasteiger partial charge in [-0.25, -0.2) is 14.0 Å². The summed E-state index contributed by atoms with van der Waals surface area (Å²) in [6.07, 6.45) is -1.77. The number of morpholine rings is 1. The molecule has 0 spiro atoms. The molecule has 0 bridgehead atoms. The lowest BCUT2D eigenvalue weighted by Crippen LogP contribution is -2.54. The Balaban J connectivity index is 2.11. The first-order valence-electron chi connectivity index (χ1n) is 11.6. The lowest BCUT2D eigenvalue weighted by atomic mass is 9.97. The molecule has 0 aliphatic carbocycles. The molecule has 0 radical (unpaired) electrons. The molecule has 4 atom stereocenters. The third kappa shape index (κ3) is 8.30. The second-order valence-electron chi connectivity index (χ2n) is 9.16. The summed E-state index contributed by atoms with van der Waals surface area (Å²) in [7, 11) is -2.69. The van der Waals surface area contributed by atoms with E-state index in [1.807, 2.05) is 0 Å². The Labute approximate surface area is 219 Å². The SMILES string of the molecule is CO[C@H](COP(=O)(OCCSC(=O)C(C)(C)CO)N1CCOCC1)C(O)C(C)(O)n1ccc(N)nc1=O. The van der Waals surface area contributed by atoms with Gasteiger partial charge >= 0.3 is 13.4 Å². The minimum Gasteiger partial charge on any atom is -0.395 e. The molecule has 14 nitrogen and oxygen atoms in total. The number of aliphatic hydroxyl groups is 3. The van der Waals surface area contributed by atoms with Gasteiger partial charge < -0.3 is 30.5 Å². The molecule has 2 heterocycles. The Morgan fingerprint density at radius 2 is 1.97 bits per heavy atom. The van der Waals surface area contributed by atoms with Crippen LogP contribution in [0.2, 0.25) is 0 Å². The molecular weight excluding hydrogens is 531 g/mol. The number of hydrogen-bond donors (Lipinski definition) is 4. The maximum absolute atomic E-state index is 13.7. The van der Waals surface area contributed by atoms with Crippen molar-refractivity contribution >= 4 is 30.4 Å². The van der Waals surface area contributed by atoms with Gasteiger partial charge in [0.2, 0.25) is 0 Å². The van der Waals surface area contributed by atoms with Crippen LogP contribution in [-0.4, -0.2) is 106 Å². The summed E-state index contributed by atoms with van der Waals surface area (Å²) in [4.78, 5) is 28.0. The van der Waals surface area contributed by atoms with Crippen molar-refractivity contribution in [3.8, 4) is 0 Å². The maximum Gasteiger partial charge on any atom is 0.408 e. The second-order valence-corrected chi connectivity index (χ2v) is 12.2. The number of methoxy groups -OCH3 is 1. The van der Waals surface area contributed by atoms with Crippen LogP contribution in [0.5, 0.6) is 0 Å². The summed E-state index contributed by atoms with van der Waals surface area (Å²) in [5.74, 6) is 0.111. The van der Waals surface area contributed by atoms with Gasteiger partial charge in [-0.3, -0.25) is 18.4 Å². The van der Waals surface area contributed by atoms with Gasteiger partial charge in [-0.15, -0.1) is 0 Å². The monoisotopic (exact) mass is 568 g/mol. The Kier molecular flexibility index (Phi) is 11.7. The Bertz CT molecular complexity index is 1000. The number of thioether (sulfide) groups is 1. The van der Waals surface area contributed by atoms with Gasteiger partial charge in [0, 0.05) is 32.1 Å². The highest BCUT2D eigenvalue weighted by molar-refractivity contribution is 8.13. The van der Waals surface area contributed by atoms with Crippen LogP contribution in [-0.2, 0) is 33.6 Å². The van der Waals surface area contributed by atoms with Crippen LogP contribution in [0.3, 0.4) is 0 Å². The van der Waals surface area contributed by atoms with Gasteiger partial charge in [0.25, 0.3) is 0 Å². The predicted octanol–water partition coefficient (Wildman–Crippen LogP) is -0.382. The number of aromatic nitrogens is 2. The minimum absolute atomic E-state index is 0.0541. The van der Waals surface area contributed by atoms with E-state index in [9.17, 15) is 29.5 Å². The fourth-order valence-corrected chi connectivity index (χ4v) is 5.90. The van der Waals surface area contributed by atoms with Gasteiger partial charge in [0.1, 0.15) is 18.0 Å². The molecule has 1 saturated heterocycles. The number of anilines is 1. The van der Waals surface area contributed by atoms with Crippen molar-refractivity contribution in [3.05, 3.63) is 22.7 Å². The number of nitrogens with two attached hydrogens (primary N) is 1. The van der Waals surface area contributed by atoms with E-state index in [1.165, 1.54) is 31.0 Å². The fraction of sp³-hybridized carbons (Fsp3) is 0.762. The van der Waals surface area contributed by atoms with Gasteiger partial charge in [-0.2, -0.15) is 4.98 Å². The quantitative estimate of drug-likeness (QED) is 0.167. The van der Waals surface area contributed by atoms with Crippen molar-refractivity contribution in [1.29, 1.82) is 0 Å². The Morgan fingerprint density at radius 3 is 2.54 bits per heavy atom. The molecule has 1 aliphatic heterocycles. The van der Waals surface area contributed by atoms with E-state index >= 15 is 0 Å². The van der Waals surface area contributed by atoms with Crippen LogP contribution in [0.1, 0.15) is 20.8 Å². The molecule has 0 amide bonds. The zero-order valence-corrected chi connectivity index (χ0v) is 23.2. The van der Waals surface area contributed by atoms with Crippen LogP contribution >= 0.6 is 19.5 Å². The first-order valence-corrected chi connectivity index (χ1v) is 14.1. The molecular formula is C21H37N4O10PS. The van der Waals surface area contributed by atoms with E-state index in [1.54, 1.807) is 13.8 Å². The molecule has 0 aromatic carbocycles. The smallest absolute Gasteiger partial charge is 0.395 e. The van der Waals surface area contributed by atoms with Gasteiger partial charge in [-0.05, 0) is 26.8 Å². The van der Waals surface area contributed by atoms with Crippen LogP contribution < -0.4 is 11.4 Å². The van der Waals surface area contributed by atoms with Crippen molar-refractivity contribution in [2.45, 2.75) is 38.7 Å². The van der Waals surface area contributed by atoms with Gasteiger partial charge in [-0.1, -0.05) is 11.8 Å². The fourth-order valence-electron chi connectivity index (χ4n) is 3.26. The van der Waals surface area contributed by atoms with E-state index in [0.717, 1.165) is 16.3 Å². The third-order valence-corrected chi connectivity index (χ3v) is 9.05. The van der Waals surface area contributed by atoms with Gasteiger partial charge in [0.15, 0.2) is 10.8 Å². The number of rotatable bonds is 14. The molecule has 3 unspecified atom stereocenters. The van der Waals surface area contributed by atoms with E-state index in [-0.39, 0.29) is 43.0 Å². The van der Waals surface area contributed by atoms with Crippen LogP contribution in [0.4, 0.5) is 5.82 Å². The molecule has 37 heavy (non-hydrogen) atoms. The lowest BCUT2D eigenvalue weighted by Gasteiger charge is -2.36. The highest BCUT2D eigenvalue weighted by Gasteiger charge is 2.42. The molecule has 1 fully saturated rings. The van der Waals surface area contributed by atoms with Gasteiger partial charge in [0.05, 0.1) is 38.4 Å². The van der Waals surface area contributed by atoms with Crippen LogP contribution in [0, 0.1) is 5.41 Å². The average Bonchev–Trinajstić information content (AvgIpc) is 2.86.